The quantitative estimate of drug-likeness (QED) is 0.546. The first-order chi connectivity index (χ1) is 13.6. The molecule has 0 aliphatic carbocycles. The lowest BCUT2D eigenvalue weighted by Crippen LogP contribution is -2.34. The number of hydrazone groups is 1. The van der Waals surface area contributed by atoms with Crippen molar-refractivity contribution in [2.45, 2.75) is 6.92 Å². The molecule has 3 rings (SSSR count). The van der Waals surface area contributed by atoms with E-state index >= 15 is 0 Å². The molecule has 0 aromatic heterocycles. The fourth-order valence-electron chi connectivity index (χ4n) is 2.42. The van der Waals surface area contributed by atoms with Gasteiger partial charge in [-0.3, -0.25) is 9.59 Å². The summed E-state index contributed by atoms with van der Waals surface area (Å²) in [7, 11) is 0. The molecule has 0 saturated heterocycles. The van der Waals surface area contributed by atoms with Gasteiger partial charge in [-0.25, -0.2) is 5.43 Å². The first-order valence-electron chi connectivity index (χ1n) is 8.49. The molecule has 1 aliphatic heterocycles. The van der Waals surface area contributed by atoms with Crippen molar-refractivity contribution in [3.63, 3.8) is 0 Å². The van der Waals surface area contributed by atoms with E-state index in [2.05, 4.69) is 15.8 Å². The predicted molar refractivity (Wildman–Crippen MR) is 103 cm³/mol. The molecule has 2 aromatic carbocycles. The summed E-state index contributed by atoms with van der Waals surface area (Å²) in [5, 5.41) is 6.91. The molecule has 8 nitrogen and oxygen atoms in total. The molecule has 0 unspecified atom stereocenters. The first-order valence-corrected chi connectivity index (χ1v) is 8.86. The molecule has 1 aliphatic rings. The van der Waals surface area contributed by atoms with Crippen molar-refractivity contribution in [2.75, 3.05) is 19.9 Å². The van der Waals surface area contributed by atoms with Gasteiger partial charge in [0.2, 0.25) is 6.79 Å². The van der Waals surface area contributed by atoms with Gasteiger partial charge in [0.1, 0.15) is 5.75 Å². The summed E-state index contributed by atoms with van der Waals surface area (Å²) in [4.78, 5) is 24.0. The lowest BCUT2D eigenvalue weighted by atomic mass is 10.2. The molecule has 0 spiro atoms. The standard InChI is InChI=1S/C19H18ClN3O5/c1-2-26-15-6-4-14(20)7-13(15)9-22-23-18(24)10-21-19(25)12-3-5-16-17(8-12)28-11-27-16/h3-9H,2,10-11H2,1H3,(H,21,25)(H,23,24)/b22-9-. The highest BCUT2D eigenvalue weighted by molar-refractivity contribution is 6.30. The van der Waals surface area contributed by atoms with Gasteiger partial charge in [0.25, 0.3) is 11.8 Å². The second kappa shape index (κ2) is 9.09. The van der Waals surface area contributed by atoms with Crippen LogP contribution >= 0.6 is 11.6 Å². The van der Waals surface area contributed by atoms with Gasteiger partial charge in [-0.15, -0.1) is 0 Å². The van der Waals surface area contributed by atoms with Crippen molar-refractivity contribution in [1.82, 2.24) is 10.7 Å². The molecule has 2 amide bonds. The number of halogens is 1. The van der Waals surface area contributed by atoms with Crippen LogP contribution in [0.15, 0.2) is 41.5 Å². The summed E-state index contributed by atoms with van der Waals surface area (Å²) in [6.07, 6.45) is 1.43. The fraction of sp³-hybridized carbons (Fsp3) is 0.211. The van der Waals surface area contributed by atoms with E-state index in [9.17, 15) is 9.59 Å². The van der Waals surface area contributed by atoms with Crippen molar-refractivity contribution >= 4 is 29.6 Å². The lowest BCUT2D eigenvalue weighted by molar-refractivity contribution is -0.120. The zero-order chi connectivity index (χ0) is 19.9. The topological polar surface area (TPSA) is 98.2 Å². The van der Waals surface area contributed by atoms with Gasteiger partial charge in [-0.2, -0.15) is 5.10 Å². The molecule has 146 valence electrons. The average molecular weight is 404 g/mol. The summed E-state index contributed by atoms with van der Waals surface area (Å²) in [5.41, 5.74) is 3.33. The molecule has 0 atom stereocenters. The zero-order valence-corrected chi connectivity index (χ0v) is 15.8. The lowest BCUT2D eigenvalue weighted by Gasteiger charge is -2.07. The first kappa shape index (κ1) is 19.5. The molecule has 9 heteroatoms. The third kappa shape index (κ3) is 4.92. The Bertz CT molecular complexity index is 916. The number of hydrogen-bond acceptors (Lipinski definition) is 6. The van der Waals surface area contributed by atoms with Crippen molar-refractivity contribution in [2.24, 2.45) is 5.10 Å². The Morgan fingerprint density at radius 3 is 2.86 bits per heavy atom. The van der Waals surface area contributed by atoms with Crippen molar-refractivity contribution in [3.05, 3.63) is 52.5 Å². The summed E-state index contributed by atoms with van der Waals surface area (Å²) in [5.74, 6) is 0.779. The van der Waals surface area contributed by atoms with E-state index in [1.54, 1.807) is 36.4 Å². The Morgan fingerprint density at radius 1 is 1.21 bits per heavy atom. The second-order valence-corrected chi connectivity index (χ2v) is 6.10. The third-order valence-electron chi connectivity index (χ3n) is 3.71. The van der Waals surface area contributed by atoms with Crippen LogP contribution in [0, 0.1) is 0 Å². The molecule has 0 bridgehead atoms. The molecular formula is C19H18ClN3O5. The summed E-state index contributed by atoms with van der Waals surface area (Å²) in [6.45, 7) is 2.23. The molecule has 0 radical (unpaired) electrons. The highest BCUT2D eigenvalue weighted by Gasteiger charge is 2.16. The Balaban J connectivity index is 1.51. The number of carbonyl (C=O) groups excluding carboxylic acids is 2. The van der Waals surface area contributed by atoms with Crippen LogP contribution in [0.1, 0.15) is 22.8 Å². The smallest absolute Gasteiger partial charge is 0.259 e. The number of fused-ring (bicyclic) bond motifs is 1. The normalized spacial score (nSPS) is 12.1. The van der Waals surface area contributed by atoms with Gasteiger partial charge in [0.05, 0.1) is 19.4 Å². The van der Waals surface area contributed by atoms with E-state index in [4.69, 9.17) is 25.8 Å². The minimum absolute atomic E-state index is 0.123. The van der Waals surface area contributed by atoms with Crippen molar-refractivity contribution in [1.29, 1.82) is 0 Å². The van der Waals surface area contributed by atoms with Crippen LogP contribution in [-0.2, 0) is 4.79 Å². The monoisotopic (exact) mass is 403 g/mol. The molecule has 2 N–H and O–H groups in total. The number of rotatable bonds is 7. The van der Waals surface area contributed by atoms with Crippen LogP contribution in [0.3, 0.4) is 0 Å². The van der Waals surface area contributed by atoms with Crippen LogP contribution < -0.4 is 25.0 Å². The minimum atomic E-state index is -0.481. The maximum atomic E-state index is 12.1. The van der Waals surface area contributed by atoms with E-state index in [0.29, 0.717) is 40.0 Å². The largest absolute Gasteiger partial charge is 0.493 e. The predicted octanol–water partition coefficient (Wildman–Crippen LogP) is 2.35. The molecule has 0 fully saturated rings. The minimum Gasteiger partial charge on any atom is -0.493 e. The number of amides is 2. The number of benzene rings is 2. The van der Waals surface area contributed by atoms with Crippen molar-refractivity contribution in [3.8, 4) is 17.2 Å². The number of hydrogen-bond donors (Lipinski definition) is 2. The van der Waals surface area contributed by atoms with Crippen LogP contribution in [-0.4, -0.2) is 38.0 Å². The molecule has 2 aromatic rings. The van der Waals surface area contributed by atoms with Crippen LogP contribution in [0.25, 0.3) is 0 Å². The number of ether oxygens (including phenoxy) is 3. The van der Waals surface area contributed by atoms with Crippen LogP contribution in [0.4, 0.5) is 0 Å². The van der Waals surface area contributed by atoms with Gasteiger partial charge in [0, 0.05) is 16.1 Å². The third-order valence-corrected chi connectivity index (χ3v) is 3.94. The summed E-state index contributed by atoms with van der Waals surface area (Å²) < 4.78 is 15.9. The van der Waals surface area contributed by atoms with E-state index in [-0.39, 0.29) is 13.3 Å². The zero-order valence-electron chi connectivity index (χ0n) is 15.0. The average Bonchev–Trinajstić information content (AvgIpc) is 3.16. The molecule has 0 saturated carbocycles. The Hall–Kier alpha value is -3.26. The summed E-state index contributed by atoms with van der Waals surface area (Å²) >= 11 is 5.97. The molecule has 1 heterocycles. The maximum Gasteiger partial charge on any atom is 0.259 e. The number of carbonyl (C=O) groups is 2. The highest BCUT2D eigenvalue weighted by Crippen LogP contribution is 2.32. The molecular weight excluding hydrogens is 386 g/mol. The SMILES string of the molecule is CCOc1ccc(Cl)cc1/C=N\NC(=O)CNC(=O)c1ccc2c(c1)OCO2. The van der Waals surface area contributed by atoms with E-state index in [1.165, 1.54) is 6.21 Å². The van der Waals surface area contributed by atoms with E-state index in [1.807, 2.05) is 6.92 Å². The maximum absolute atomic E-state index is 12.1. The fourth-order valence-corrected chi connectivity index (χ4v) is 2.60. The van der Waals surface area contributed by atoms with E-state index in [0.717, 1.165) is 0 Å². The van der Waals surface area contributed by atoms with Gasteiger partial charge in [-0.05, 0) is 43.3 Å². The van der Waals surface area contributed by atoms with Gasteiger partial charge >= 0.3 is 0 Å². The second-order valence-electron chi connectivity index (χ2n) is 5.66. The van der Waals surface area contributed by atoms with Crippen molar-refractivity contribution < 1.29 is 23.8 Å². The number of nitrogens with one attached hydrogen (secondary N) is 2. The Kier molecular flexibility index (Phi) is 6.33. The van der Waals surface area contributed by atoms with Gasteiger partial charge in [-0.1, -0.05) is 11.6 Å². The number of nitrogens with zero attached hydrogens (tertiary/aromatic N) is 1. The highest BCUT2D eigenvalue weighted by atomic mass is 35.5. The van der Waals surface area contributed by atoms with Gasteiger partial charge < -0.3 is 19.5 Å². The van der Waals surface area contributed by atoms with Crippen LogP contribution in [0.5, 0.6) is 17.2 Å². The van der Waals surface area contributed by atoms with Crippen LogP contribution in [0.2, 0.25) is 5.02 Å². The summed E-state index contributed by atoms with van der Waals surface area (Å²) in [6, 6.07) is 9.89. The molecule has 28 heavy (non-hydrogen) atoms. The Morgan fingerprint density at radius 2 is 2.04 bits per heavy atom. The van der Waals surface area contributed by atoms with Gasteiger partial charge in [0.15, 0.2) is 11.5 Å². The Labute approximate surface area is 166 Å². The van der Waals surface area contributed by atoms with E-state index < -0.39 is 11.8 Å².